The van der Waals surface area contributed by atoms with Crippen LogP contribution in [0.3, 0.4) is 0 Å². The summed E-state index contributed by atoms with van der Waals surface area (Å²) >= 11 is 6.06. The van der Waals surface area contributed by atoms with Crippen molar-refractivity contribution in [1.29, 1.82) is 0 Å². The molecule has 1 aliphatic carbocycles. The topological polar surface area (TPSA) is 83.5 Å². The lowest BCUT2D eigenvalue weighted by Crippen LogP contribution is -2.36. The minimum atomic E-state index is -0.663. The van der Waals surface area contributed by atoms with Gasteiger partial charge in [-0.3, -0.25) is 4.79 Å². The van der Waals surface area contributed by atoms with E-state index >= 15 is 0 Å². The number of aliphatic imine (C=N–C) groups is 1. The summed E-state index contributed by atoms with van der Waals surface area (Å²) in [5.41, 5.74) is 3.21. The zero-order valence-electron chi connectivity index (χ0n) is 15.9. The molecule has 148 valence electrons. The standard InChI is InChI=1S/C22H20ClN3O3/c1-2-29-22(28)19-20(16-8-7-14(23)11-18(16)26-21(19)27)24-10-9-13-12-25-17-6-4-3-5-15(13)17/h3-8,11-12,16,24-25H,2,9-10H2,1H3. The normalized spacial score (nSPS) is 18.4. The molecule has 29 heavy (non-hydrogen) atoms. The van der Waals surface area contributed by atoms with Crippen molar-refractivity contribution in [2.45, 2.75) is 13.3 Å². The molecule has 0 radical (unpaired) electrons. The second-order valence-corrected chi connectivity index (χ2v) is 7.19. The lowest BCUT2D eigenvalue weighted by atomic mass is 9.88. The van der Waals surface area contributed by atoms with Crippen molar-refractivity contribution in [2.24, 2.45) is 10.9 Å². The van der Waals surface area contributed by atoms with Gasteiger partial charge < -0.3 is 15.0 Å². The molecule has 0 fully saturated rings. The van der Waals surface area contributed by atoms with E-state index in [0.717, 1.165) is 22.9 Å². The third-order valence-electron chi connectivity index (χ3n) is 4.94. The molecule has 1 aromatic carbocycles. The van der Waals surface area contributed by atoms with E-state index in [4.69, 9.17) is 16.3 Å². The van der Waals surface area contributed by atoms with Crippen LogP contribution in [0, 0.1) is 5.92 Å². The molecule has 2 N–H and O–H groups in total. The van der Waals surface area contributed by atoms with Gasteiger partial charge in [0.25, 0.3) is 5.91 Å². The molecule has 1 aliphatic heterocycles. The van der Waals surface area contributed by atoms with Crippen LogP contribution < -0.4 is 5.32 Å². The van der Waals surface area contributed by atoms with Gasteiger partial charge in [0.15, 0.2) is 0 Å². The number of H-pyrrole nitrogens is 1. The van der Waals surface area contributed by atoms with Crippen LogP contribution in [0.5, 0.6) is 0 Å². The van der Waals surface area contributed by atoms with E-state index in [1.54, 1.807) is 19.1 Å². The number of rotatable bonds is 6. The highest BCUT2D eigenvalue weighted by atomic mass is 35.5. The van der Waals surface area contributed by atoms with E-state index < -0.39 is 11.9 Å². The van der Waals surface area contributed by atoms with Crippen molar-refractivity contribution < 1.29 is 14.3 Å². The zero-order chi connectivity index (χ0) is 20.4. The smallest absolute Gasteiger partial charge is 0.345 e. The van der Waals surface area contributed by atoms with Crippen LogP contribution in [0.2, 0.25) is 0 Å². The van der Waals surface area contributed by atoms with Gasteiger partial charge in [0.2, 0.25) is 0 Å². The van der Waals surface area contributed by atoms with Crippen molar-refractivity contribution in [3.05, 3.63) is 70.6 Å². The molecule has 2 heterocycles. The number of aromatic nitrogens is 1. The number of fused-ring (bicyclic) bond motifs is 2. The first-order chi connectivity index (χ1) is 14.1. The van der Waals surface area contributed by atoms with Crippen LogP contribution in [0.1, 0.15) is 12.5 Å². The van der Waals surface area contributed by atoms with Crippen molar-refractivity contribution in [1.82, 2.24) is 10.3 Å². The summed E-state index contributed by atoms with van der Waals surface area (Å²) in [6.07, 6.45) is 7.92. The van der Waals surface area contributed by atoms with Crippen molar-refractivity contribution >= 4 is 40.1 Å². The summed E-state index contributed by atoms with van der Waals surface area (Å²) in [4.78, 5) is 32.3. The molecule has 6 nitrogen and oxygen atoms in total. The molecule has 4 rings (SSSR count). The molecule has 0 saturated heterocycles. The zero-order valence-corrected chi connectivity index (χ0v) is 16.6. The second kappa shape index (κ2) is 8.09. The minimum absolute atomic E-state index is 0.0457. The number of carbonyl (C=O) groups is 2. The molecule has 0 bridgehead atoms. The van der Waals surface area contributed by atoms with E-state index in [1.165, 1.54) is 0 Å². The van der Waals surface area contributed by atoms with Gasteiger partial charge in [0, 0.05) is 34.4 Å². The molecule has 1 atom stereocenters. The maximum Gasteiger partial charge on any atom is 0.345 e. The van der Waals surface area contributed by atoms with Crippen LogP contribution in [-0.2, 0) is 20.7 Å². The Balaban J connectivity index is 1.60. The van der Waals surface area contributed by atoms with Crippen molar-refractivity contribution in [3.8, 4) is 0 Å². The Morgan fingerprint density at radius 3 is 3.00 bits per heavy atom. The summed E-state index contributed by atoms with van der Waals surface area (Å²) in [5.74, 6) is -1.61. The number of amides is 1. The first-order valence-corrected chi connectivity index (χ1v) is 9.84. The Bertz CT molecular complexity index is 1110. The lowest BCUT2D eigenvalue weighted by molar-refractivity contribution is -0.140. The third-order valence-corrected chi connectivity index (χ3v) is 5.18. The quantitative estimate of drug-likeness (QED) is 0.565. The van der Waals surface area contributed by atoms with Gasteiger partial charge in [-0.2, -0.15) is 0 Å². The van der Waals surface area contributed by atoms with Crippen LogP contribution in [-0.4, -0.2) is 35.7 Å². The fraction of sp³-hybridized carbons (Fsp3) is 0.227. The summed E-state index contributed by atoms with van der Waals surface area (Å²) < 4.78 is 5.10. The monoisotopic (exact) mass is 409 g/mol. The van der Waals surface area contributed by atoms with Crippen LogP contribution in [0.15, 0.2) is 70.0 Å². The Morgan fingerprint density at radius 2 is 2.17 bits per heavy atom. The molecule has 1 aromatic heterocycles. The molecule has 1 unspecified atom stereocenters. The number of aromatic amines is 1. The fourth-order valence-electron chi connectivity index (χ4n) is 3.62. The molecule has 0 saturated carbocycles. The Morgan fingerprint density at radius 1 is 1.34 bits per heavy atom. The highest BCUT2D eigenvalue weighted by Gasteiger charge is 2.35. The molecule has 2 aromatic rings. The first-order valence-electron chi connectivity index (χ1n) is 9.47. The van der Waals surface area contributed by atoms with E-state index in [0.29, 0.717) is 23.0 Å². The number of carbonyl (C=O) groups excluding carboxylic acids is 2. The molecule has 1 amide bonds. The minimum Gasteiger partial charge on any atom is -0.462 e. The van der Waals surface area contributed by atoms with Gasteiger partial charge in [-0.05, 0) is 37.1 Å². The van der Waals surface area contributed by atoms with Gasteiger partial charge in [-0.25, -0.2) is 9.79 Å². The van der Waals surface area contributed by atoms with Crippen molar-refractivity contribution in [3.63, 3.8) is 0 Å². The number of para-hydroxylation sites is 1. The molecular weight excluding hydrogens is 390 g/mol. The molecule has 0 spiro atoms. The number of esters is 1. The van der Waals surface area contributed by atoms with E-state index in [9.17, 15) is 9.59 Å². The number of nitrogens with one attached hydrogen (secondary N) is 2. The lowest BCUT2D eigenvalue weighted by Gasteiger charge is -2.26. The Hall–Kier alpha value is -3.12. The first kappa shape index (κ1) is 19.2. The predicted molar refractivity (Wildman–Crippen MR) is 113 cm³/mol. The van der Waals surface area contributed by atoms with E-state index in [2.05, 4.69) is 21.4 Å². The average molecular weight is 410 g/mol. The van der Waals surface area contributed by atoms with Crippen LogP contribution in [0.25, 0.3) is 10.9 Å². The largest absolute Gasteiger partial charge is 0.462 e. The number of allylic oxidation sites excluding steroid dienone is 4. The van der Waals surface area contributed by atoms with E-state index in [-0.39, 0.29) is 18.1 Å². The SMILES string of the molecule is CCOC(=O)C1=C(NCCc2c[nH]c3ccccc23)C2C=CC(Cl)=CC2=NC1=O. The molecule has 7 heteroatoms. The number of hydrogen-bond donors (Lipinski definition) is 2. The maximum atomic E-state index is 12.6. The second-order valence-electron chi connectivity index (χ2n) is 6.75. The maximum absolute atomic E-state index is 12.6. The fourth-order valence-corrected chi connectivity index (χ4v) is 3.81. The van der Waals surface area contributed by atoms with Gasteiger partial charge >= 0.3 is 5.97 Å². The average Bonchev–Trinajstić information content (AvgIpc) is 3.11. The Labute approximate surface area is 173 Å². The van der Waals surface area contributed by atoms with Gasteiger partial charge in [-0.15, -0.1) is 0 Å². The number of ether oxygens (including phenoxy) is 1. The van der Waals surface area contributed by atoms with E-state index in [1.807, 2.05) is 30.5 Å². The molecule has 2 aliphatic rings. The number of dihydropyridines is 1. The number of benzene rings is 1. The van der Waals surface area contributed by atoms with Crippen molar-refractivity contribution in [2.75, 3.05) is 13.2 Å². The number of halogens is 1. The molecular formula is C22H20ClN3O3. The van der Waals surface area contributed by atoms with Gasteiger partial charge in [-0.1, -0.05) is 35.9 Å². The van der Waals surface area contributed by atoms with Gasteiger partial charge in [0.1, 0.15) is 5.57 Å². The Kier molecular flexibility index (Phi) is 5.36. The summed E-state index contributed by atoms with van der Waals surface area (Å²) in [5, 5.41) is 4.95. The summed E-state index contributed by atoms with van der Waals surface area (Å²) in [6.45, 7) is 2.43. The summed E-state index contributed by atoms with van der Waals surface area (Å²) in [6, 6.07) is 8.08. The number of nitrogens with zero attached hydrogens (tertiary/aromatic N) is 1. The highest BCUT2D eigenvalue weighted by molar-refractivity contribution is 6.34. The van der Waals surface area contributed by atoms with Gasteiger partial charge in [0.05, 0.1) is 18.2 Å². The van der Waals surface area contributed by atoms with Crippen LogP contribution >= 0.6 is 11.6 Å². The van der Waals surface area contributed by atoms with Crippen LogP contribution in [0.4, 0.5) is 0 Å². The summed E-state index contributed by atoms with van der Waals surface area (Å²) in [7, 11) is 0. The highest BCUT2D eigenvalue weighted by Crippen LogP contribution is 2.29. The predicted octanol–water partition coefficient (Wildman–Crippen LogP) is 3.41. The third kappa shape index (κ3) is 3.76. The number of hydrogen-bond acceptors (Lipinski definition) is 4.